The fraction of sp³-hybridized carbons (Fsp3) is 0.500. The van der Waals surface area contributed by atoms with Crippen LogP contribution in [0.1, 0.15) is 33.1 Å². The van der Waals surface area contributed by atoms with Crippen LogP contribution in [0.25, 0.3) is 0 Å². The van der Waals surface area contributed by atoms with Crippen LogP contribution < -0.4 is 10.1 Å². The van der Waals surface area contributed by atoms with Gasteiger partial charge in [-0.15, -0.1) is 0 Å². The molecule has 1 fully saturated rings. The Balaban J connectivity index is 2.10. The summed E-state index contributed by atoms with van der Waals surface area (Å²) < 4.78 is 5.58. The van der Waals surface area contributed by atoms with E-state index in [0.717, 1.165) is 0 Å². The van der Waals surface area contributed by atoms with Gasteiger partial charge >= 0.3 is 5.97 Å². The van der Waals surface area contributed by atoms with Gasteiger partial charge in [0.1, 0.15) is 5.75 Å². The molecule has 0 saturated heterocycles. The zero-order valence-corrected chi connectivity index (χ0v) is 14.4. The topological polar surface area (TPSA) is 75.6 Å². The van der Waals surface area contributed by atoms with Gasteiger partial charge in [-0.1, -0.05) is 23.2 Å². The van der Waals surface area contributed by atoms with Crippen LogP contribution in [0.5, 0.6) is 5.75 Å². The molecule has 2 atom stereocenters. The van der Waals surface area contributed by atoms with E-state index in [0.29, 0.717) is 40.7 Å². The molecular weight excluding hydrogens is 341 g/mol. The number of carboxylic acid groups (broad SMARTS) is 1. The first-order chi connectivity index (χ1) is 10.8. The number of amides is 1. The number of carboxylic acids is 1. The van der Waals surface area contributed by atoms with Crippen molar-refractivity contribution in [2.45, 2.75) is 39.2 Å². The molecule has 0 heterocycles. The minimum Gasteiger partial charge on any atom is -0.489 e. The third-order valence-corrected chi connectivity index (χ3v) is 4.40. The lowest BCUT2D eigenvalue weighted by molar-refractivity contribution is -0.141. The predicted octanol–water partition coefficient (Wildman–Crippen LogP) is 4.22. The third-order valence-electron chi connectivity index (χ3n) is 3.79. The highest BCUT2D eigenvalue weighted by atomic mass is 35.5. The molecule has 7 heteroatoms. The van der Waals surface area contributed by atoms with E-state index in [-0.39, 0.29) is 17.9 Å². The molecule has 0 bridgehead atoms. The number of carbonyl (C=O) groups is 2. The summed E-state index contributed by atoms with van der Waals surface area (Å²) in [7, 11) is 0. The van der Waals surface area contributed by atoms with Crippen LogP contribution in [0, 0.1) is 11.8 Å². The first kappa shape index (κ1) is 17.9. The maximum atomic E-state index is 12.3. The Labute approximate surface area is 144 Å². The number of aliphatic carboxylic acids is 1. The van der Waals surface area contributed by atoms with E-state index in [1.165, 1.54) is 6.07 Å². The van der Waals surface area contributed by atoms with Crippen LogP contribution in [0.15, 0.2) is 12.1 Å². The van der Waals surface area contributed by atoms with Gasteiger partial charge in [0.2, 0.25) is 5.91 Å². The van der Waals surface area contributed by atoms with Crippen LogP contribution in [-0.2, 0) is 9.59 Å². The first-order valence-electron chi connectivity index (χ1n) is 7.47. The number of hydrogen-bond acceptors (Lipinski definition) is 3. The Morgan fingerprint density at radius 1 is 1.22 bits per heavy atom. The van der Waals surface area contributed by atoms with Crippen LogP contribution in [0.3, 0.4) is 0 Å². The quantitative estimate of drug-likeness (QED) is 0.824. The fourth-order valence-corrected chi connectivity index (χ4v) is 3.12. The van der Waals surface area contributed by atoms with Gasteiger partial charge in [0.05, 0.1) is 27.8 Å². The van der Waals surface area contributed by atoms with Crippen LogP contribution in [0.4, 0.5) is 5.69 Å². The Bertz CT molecular complexity index is 618. The number of ether oxygens (including phenoxy) is 1. The number of nitrogens with one attached hydrogen (secondary N) is 1. The van der Waals surface area contributed by atoms with Gasteiger partial charge in [-0.25, -0.2) is 0 Å². The van der Waals surface area contributed by atoms with E-state index >= 15 is 0 Å². The molecule has 2 N–H and O–H groups in total. The van der Waals surface area contributed by atoms with Crippen molar-refractivity contribution in [1.29, 1.82) is 0 Å². The molecule has 1 aliphatic rings. The van der Waals surface area contributed by atoms with Gasteiger partial charge in [0, 0.05) is 12.0 Å². The molecule has 0 aliphatic heterocycles. The Kier molecular flexibility index (Phi) is 5.76. The molecule has 0 spiro atoms. The molecule has 0 unspecified atom stereocenters. The Morgan fingerprint density at radius 2 is 1.87 bits per heavy atom. The van der Waals surface area contributed by atoms with E-state index in [1.54, 1.807) is 6.07 Å². The van der Waals surface area contributed by atoms with Crippen molar-refractivity contribution in [3.63, 3.8) is 0 Å². The largest absolute Gasteiger partial charge is 0.489 e. The average molecular weight is 360 g/mol. The molecule has 23 heavy (non-hydrogen) atoms. The zero-order chi connectivity index (χ0) is 17.1. The molecule has 2 rings (SSSR count). The SMILES string of the molecule is CC(C)Oc1cc(NC(=O)[C@H]2CC[C@@H](C(=O)O)C2)c(Cl)cc1Cl. The average Bonchev–Trinajstić information content (AvgIpc) is 2.93. The summed E-state index contributed by atoms with van der Waals surface area (Å²) in [6.45, 7) is 3.74. The van der Waals surface area contributed by atoms with Crippen molar-refractivity contribution in [3.05, 3.63) is 22.2 Å². The lowest BCUT2D eigenvalue weighted by atomic mass is 10.0. The Hall–Kier alpha value is -1.46. The van der Waals surface area contributed by atoms with E-state index in [2.05, 4.69) is 5.32 Å². The van der Waals surface area contributed by atoms with Crippen molar-refractivity contribution in [2.75, 3.05) is 5.32 Å². The molecule has 5 nitrogen and oxygen atoms in total. The first-order valence-corrected chi connectivity index (χ1v) is 8.23. The number of rotatable bonds is 5. The smallest absolute Gasteiger partial charge is 0.306 e. The van der Waals surface area contributed by atoms with Gasteiger partial charge in [0.25, 0.3) is 0 Å². The van der Waals surface area contributed by atoms with Gasteiger partial charge < -0.3 is 15.2 Å². The van der Waals surface area contributed by atoms with Crippen molar-refractivity contribution in [1.82, 2.24) is 0 Å². The standard InChI is InChI=1S/C16H19Cl2NO4/c1-8(2)23-14-7-13(11(17)6-12(14)18)19-15(20)9-3-4-10(5-9)16(21)22/h6-10H,3-5H2,1-2H3,(H,19,20)(H,21,22)/t9-,10+/m0/s1. The summed E-state index contributed by atoms with van der Waals surface area (Å²) in [5, 5.41) is 12.4. The molecule has 1 amide bonds. The van der Waals surface area contributed by atoms with Crippen LogP contribution in [0.2, 0.25) is 10.0 Å². The van der Waals surface area contributed by atoms with E-state index in [4.69, 9.17) is 33.0 Å². The van der Waals surface area contributed by atoms with E-state index in [1.807, 2.05) is 13.8 Å². The van der Waals surface area contributed by atoms with Gasteiger partial charge in [0.15, 0.2) is 0 Å². The monoisotopic (exact) mass is 359 g/mol. The molecule has 0 aromatic heterocycles. The van der Waals surface area contributed by atoms with Crippen molar-refractivity contribution < 1.29 is 19.4 Å². The molecule has 1 aromatic rings. The van der Waals surface area contributed by atoms with Crippen molar-refractivity contribution in [2.24, 2.45) is 11.8 Å². The summed E-state index contributed by atoms with van der Waals surface area (Å²) in [5.41, 5.74) is 0.412. The number of carbonyl (C=O) groups excluding carboxylic acids is 1. The summed E-state index contributed by atoms with van der Waals surface area (Å²) in [6, 6.07) is 3.11. The summed E-state index contributed by atoms with van der Waals surface area (Å²) in [6.07, 6.45) is 1.36. The van der Waals surface area contributed by atoms with Gasteiger partial charge in [-0.3, -0.25) is 9.59 Å². The number of halogens is 2. The highest BCUT2D eigenvalue weighted by Crippen LogP contribution is 2.36. The maximum absolute atomic E-state index is 12.3. The zero-order valence-electron chi connectivity index (χ0n) is 12.9. The van der Waals surface area contributed by atoms with Crippen molar-refractivity contribution >= 4 is 40.8 Å². The summed E-state index contributed by atoms with van der Waals surface area (Å²) in [4.78, 5) is 23.3. The van der Waals surface area contributed by atoms with E-state index in [9.17, 15) is 9.59 Å². The third kappa shape index (κ3) is 4.52. The maximum Gasteiger partial charge on any atom is 0.306 e. The van der Waals surface area contributed by atoms with E-state index < -0.39 is 11.9 Å². The van der Waals surface area contributed by atoms with Gasteiger partial charge in [-0.05, 0) is 39.2 Å². The Morgan fingerprint density at radius 3 is 2.43 bits per heavy atom. The molecular formula is C16H19Cl2NO4. The summed E-state index contributed by atoms with van der Waals surface area (Å²) >= 11 is 12.2. The van der Waals surface area contributed by atoms with Crippen molar-refractivity contribution in [3.8, 4) is 5.75 Å². The van der Waals surface area contributed by atoms with Gasteiger partial charge in [-0.2, -0.15) is 0 Å². The minimum absolute atomic E-state index is 0.0663. The highest BCUT2D eigenvalue weighted by Gasteiger charge is 2.34. The second-order valence-corrected chi connectivity index (χ2v) is 6.78. The fourth-order valence-electron chi connectivity index (χ4n) is 2.65. The lowest BCUT2D eigenvalue weighted by Gasteiger charge is -2.16. The normalized spacial score (nSPS) is 20.6. The molecule has 1 saturated carbocycles. The molecule has 1 aliphatic carbocycles. The lowest BCUT2D eigenvalue weighted by Crippen LogP contribution is -2.22. The number of hydrogen-bond donors (Lipinski definition) is 2. The summed E-state index contributed by atoms with van der Waals surface area (Å²) in [5.74, 6) is -1.41. The highest BCUT2D eigenvalue weighted by molar-refractivity contribution is 6.37. The molecule has 1 aromatic carbocycles. The van der Waals surface area contributed by atoms with Crippen LogP contribution >= 0.6 is 23.2 Å². The second-order valence-electron chi connectivity index (χ2n) is 5.96. The van der Waals surface area contributed by atoms with Crippen LogP contribution in [-0.4, -0.2) is 23.1 Å². The molecule has 0 radical (unpaired) electrons. The second kappa shape index (κ2) is 7.41. The number of benzene rings is 1. The predicted molar refractivity (Wildman–Crippen MR) is 89.3 cm³/mol. The number of anilines is 1. The molecule has 126 valence electrons. The minimum atomic E-state index is -0.850.